The maximum atomic E-state index is 5.64. The molecule has 0 radical (unpaired) electrons. The van der Waals surface area contributed by atoms with Crippen LogP contribution in [-0.2, 0) is 4.74 Å². The van der Waals surface area contributed by atoms with Crippen LogP contribution in [0.3, 0.4) is 0 Å². The normalized spacial score (nSPS) is 15.9. The summed E-state index contributed by atoms with van der Waals surface area (Å²) in [7, 11) is 1.76. The lowest BCUT2D eigenvalue weighted by Crippen LogP contribution is -2.49. The van der Waals surface area contributed by atoms with Crippen LogP contribution in [0.5, 0.6) is 5.75 Å². The van der Waals surface area contributed by atoms with Crippen LogP contribution in [0, 0.1) is 0 Å². The molecule has 1 aromatic rings. The number of likely N-dealkylation sites (tertiary alicyclic amines) is 1. The van der Waals surface area contributed by atoms with Gasteiger partial charge in [0.05, 0.1) is 12.7 Å². The monoisotopic (exact) mass is 491 g/mol. The van der Waals surface area contributed by atoms with Gasteiger partial charge in [-0.1, -0.05) is 0 Å². The van der Waals surface area contributed by atoms with Crippen molar-refractivity contribution in [3.63, 3.8) is 0 Å². The molecule has 2 N–H and O–H groups in total. The molecule has 0 atom stereocenters. The summed E-state index contributed by atoms with van der Waals surface area (Å²) in [5, 5.41) is 6.89. The number of rotatable bonds is 10. The Morgan fingerprint density at radius 1 is 1.33 bits per heavy atom. The molecule has 0 saturated carbocycles. The minimum Gasteiger partial charge on any atom is -0.490 e. The Kier molecular flexibility index (Phi) is 13.2. The number of halogens is 1. The number of methoxy groups -OCH3 is 1. The Balaban J connectivity index is 0.00000364. The predicted octanol–water partition coefficient (Wildman–Crippen LogP) is 2.13. The summed E-state index contributed by atoms with van der Waals surface area (Å²) >= 11 is 0. The number of piperidine rings is 1. The van der Waals surface area contributed by atoms with Crippen molar-refractivity contribution in [2.24, 2.45) is 4.99 Å². The molecular formula is C19H34IN5O2. The van der Waals surface area contributed by atoms with Gasteiger partial charge in [-0.25, -0.2) is 4.99 Å². The van der Waals surface area contributed by atoms with E-state index >= 15 is 0 Å². The third-order valence-corrected chi connectivity index (χ3v) is 4.36. The van der Waals surface area contributed by atoms with Gasteiger partial charge in [0.1, 0.15) is 12.4 Å². The zero-order chi connectivity index (χ0) is 18.5. The molecule has 7 nitrogen and oxygen atoms in total. The maximum Gasteiger partial charge on any atom is 0.191 e. The molecule has 8 heteroatoms. The highest BCUT2D eigenvalue weighted by Crippen LogP contribution is 2.10. The second-order valence-corrected chi connectivity index (χ2v) is 6.40. The lowest BCUT2D eigenvalue weighted by Gasteiger charge is -2.33. The third kappa shape index (κ3) is 10.1. The minimum atomic E-state index is 0. The van der Waals surface area contributed by atoms with E-state index in [-0.39, 0.29) is 24.0 Å². The number of hydrogen-bond donors (Lipinski definition) is 2. The van der Waals surface area contributed by atoms with E-state index in [0.717, 1.165) is 63.8 Å². The van der Waals surface area contributed by atoms with Gasteiger partial charge in [-0.2, -0.15) is 0 Å². The van der Waals surface area contributed by atoms with Crippen LogP contribution in [0.4, 0.5) is 0 Å². The molecule has 0 spiro atoms. The van der Waals surface area contributed by atoms with Crippen LogP contribution >= 0.6 is 24.0 Å². The molecule has 2 heterocycles. The quantitative estimate of drug-likeness (QED) is 0.226. The molecule has 1 fully saturated rings. The number of ether oxygens (including phenoxy) is 2. The number of hydrogen-bond acceptors (Lipinski definition) is 5. The van der Waals surface area contributed by atoms with Crippen molar-refractivity contribution in [3.8, 4) is 5.75 Å². The first-order valence-electron chi connectivity index (χ1n) is 9.60. The fraction of sp³-hybridized carbons (Fsp3) is 0.684. The number of nitrogens with zero attached hydrogens (tertiary/aromatic N) is 3. The SMILES string of the molecule is CCNC(=NCCOc1cccnc1)NC1CCN(CCCOC)CC1.I. The number of pyridine rings is 1. The molecule has 0 bridgehead atoms. The molecule has 0 amide bonds. The van der Waals surface area contributed by atoms with Gasteiger partial charge in [0, 0.05) is 52.1 Å². The highest BCUT2D eigenvalue weighted by Gasteiger charge is 2.19. The molecule has 1 aliphatic rings. The summed E-state index contributed by atoms with van der Waals surface area (Å²) in [4.78, 5) is 11.2. The van der Waals surface area contributed by atoms with E-state index < -0.39 is 0 Å². The van der Waals surface area contributed by atoms with Crippen LogP contribution in [0.1, 0.15) is 26.2 Å². The summed E-state index contributed by atoms with van der Waals surface area (Å²) < 4.78 is 10.8. The lowest BCUT2D eigenvalue weighted by atomic mass is 10.1. The number of guanidine groups is 1. The van der Waals surface area contributed by atoms with Crippen LogP contribution < -0.4 is 15.4 Å². The molecule has 27 heavy (non-hydrogen) atoms. The highest BCUT2D eigenvalue weighted by molar-refractivity contribution is 14.0. The molecule has 2 rings (SSSR count). The zero-order valence-corrected chi connectivity index (χ0v) is 18.9. The van der Waals surface area contributed by atoms with E-state index in [1.165, 1.54) is 0 Å². The van der Waals surface area contributed by atoms with Gasteiger partial charge < -0.3 is 25.0 Å². The summed E-state index contributed by atoms with van der Waals surface area (Å²) in [5.74, 6) is 1.65. The Morgan fingerprint density at radius 2 is 2.15 bits per heavy atom. The molecular weight excluding hydrogens is 457 g/mol. The fourth-order valence-electron chi connectivity index (χ4n) is 3.00. The number of aliphatic imine (C=N–C) groups is 1. The molecule has 0 aliphatic carbocycles. The van der Waals surface area contributed by atoms with Crippen molar-refractivity contribution in [1.82, 2.24) is 20.5 Å². The summed E-state index contributed by atoms with van der Waals surface area (Å²) in [6, 6.07) is 4.25. The Labute approximate surface area is 180 Å². The van der Waals surface area contributed by atoms with Crippen molar-refractivity contribution in [3.05, 3.63) is 24.5 Å². The molecule has 1 aliphatic heterocycles. The van der Waals surface area contributed by atoms with E-state index in [1.54, 1.807) is 19.5 Å². The number of nitrogens with one attached hydrogen (secondary N) is 2. The van der Waals surface area contributed by atoms with Gasteiger partial charge in [0.2, 0.25) is 0 Å². The predicted molar refractivity (Wildman–Crippen MR) is 120 cm³/mol. The van der Waals surface area contributed by atoms with Crippen molar-refractivity contribution in [2.45, 2.75) is 32.2 Å². The third-order valence-electron chi connectivity index (χ3n) is 4.36. The lowest BCUT2D eigenvalue weighted by molar-refractivity contribution is 0.155. The molecule has 1 saturated heterocycles. The van der Waals surface area contributed by atoms with Crippen LogP contribution in [0.15, 0.2) is 29.5 Å². The summed E-state index contributed by atoms with van der Waals surface area (Å²) in [6.07, 6.45) is 6.84. The van der Waals surface area contributed by atoms with Gasteiger partial charge in [0.25, 0.3) is 0 Å². The van der Waals surface area contributed by atoms with Gasteiger partial charge >= 0.3 is 0 Å². The molecule has 0 aromatic carbocycles. The fourth-order valence-corrected chi connectivity index (χ4v) is 3.00. The smallest absolute Gasteiger partial charge is 0.191 e. The average molecular weight is 491 g/mol. The van der Waals surface area contributed by atoms with Gasteiger partial charge in [-0.15, -0.1) is 24.0 Å². The largest absolute Gasteiger partial charge is 0.490 e. The highest BCUT2D eigenvalue weighted by atomic mass is 127. The van der Waals surface area contributed by atoms with Crippen molar-refractivity contribution >= 4 is 29.9 Å². The first kappa shape index (κ1) is 23.9. The Bertz CT molecular complexity index is 510. The average Bonchev–Trinajstić information content (AvgIpc) is 2.68. The first-order chi connectivity index (χ1) is 12.8. The Morgan fingerprint density at radius 3 is 2.81 bits per heavy atom. The van der Waals surface area contributed by atoms with E-state index in [0.29, 0.717) is 19.2 Å². The second kappa shape index (κ2) is 14.9. The van der Waals surface area contributed by atoms with Gasteiger partial charge in [-0.05, 0) is 38.3 Å². The van der Waals surface area contributed by atoms with Gasteiger partial charge in [-0.3, -0.25) is 4.98 Å². The summed E-state index contributed by atoms with van der Waals surface area (Å²) in [5.41, 5.74) is 0. The van der Waals surface area contributed by atoms with E-state index in [4.69, 9.17) is 9.47 Å². The zero-order valence-electron chi connectivity index (χ0n) is 16.5. The van der Waals surface area contributed by atoms with Crippen molar-refractivity contribution < 1.29 is 9.47 Å². The van der Waals surface area contributed by atoms with Gasteiger partial charge in [0.15, 0.2) is 5.96 Å². The van der Waals surface area contributed by atoms with E-state index in [2.05, 4.69) is 32.4 Å². The van der Waals surface area contributed by atoms with E-state index in [1.807, 2.05) is 12.1 Å². The Hall–Kier alpha value is -1.13. The first-order valence-corrected chi connectivity index (χ1v) is 9.60. The van der Waals surface area contributed by atoms with E-state index in [9.17, 15) is 0 Å². The van der Waals surface area contributed by atoms with Crippen LogP contribution in [-0.4, -0.2) is 74.9 Å². The minimum absolute atomic E-state index is 0. The molecule has 0 unspecified atom stereocenters. The topological polar surface area (TPSA) is 71.0 Å². The second-order valence-electron chi connectivity index (χ2n) is 6.40. The molecule has 1 aromatic heterocycles. The van der Waals surface area contributed by atoms with Crippen molar-refractivity contribution in [2.75, 3.05) is 53.0 Å². The van der Waals surface area contributed by atoms with Crippen LogP contribution in [0.2, 0.25) is 0 Å². The standard InChI is InChI=1S/C19H33N5O2.HI/c1-3-21-19(22-10-15-26-18-6-4-9-20-16-18)23-17-7-12-24(13-8-17)11-5-14-25-2;/h4,6,9,16-17H,3,5,7-8,10-15H2,1-2H3,(H2,21,22,23);1H. The van der Waals surface area contributed by atoms with Crippen LogP contribution in [0.25, 0.3) is 0 Å². The molecule has 154 valence electrons. The number of aromatic nitrogens is 1. The maximum absolute atomic E-state index is 5.64. The van der Waals surface area contributed by atoms with Crippen molar-refractivity contribution in [1.29, 1.82) is 0 Å². The summed E-state index contributed by atoms with van der Waals surface area (Å²) in [6.45, 7) is 8.32.